The molecule has 0 saturated carbocycles. The van der Waals surface area contributed by atoms with Crippen LogP contribution in [-0.4, -0.2) is 25.6 Å². The lowest BCUT2D eigenvalue weighted by Crippen LogP contribution is -2.12. The second-order valence-corrected chi connectivity index (χ2v) is 9.86. The number of carbonyl (C=O) groups is 1. The highest BCUT2D eigenvalue weighted by Gasteiger charge is 2.16. The van der Waals surface area contributed by atoms with E-state index < -0.39 is 15.7 Å². The van der Waals surface area contributed by atoms with E-state index in [0.29, 0.717) is 5.69 Å². The molecule has 0 atom stereocenters. The number of sulfone groups is 1. The number of anilines is 1. The van der Waals surface area contributed by atoms with E-state index in [-0.39, 0.29) is 15.5 Å². The molecule has 0 aliphatic rings. The van der Waals surface area contributed by atoms with Gasteiger partial charge in [-0.05, 0) is 54.6 Å². The third-order valence-corrected chi connectivity index (χ3v) is 6.94. The van der Waals surface area contributed by atoms with Crippen LogP contribution >= 0.6 is 22.9 Å². The van der Waals surface area contributed by atoms with Gasteiger partial charge in [0.25, 0.3) is 5.91 Å². The van der Waals surface area contributed by atoms with Crippen molar-refractivity contribution in [2.24, 2.45) is 0 Å². The van der Waals surface area contributed by atoms with Crippen LogP contribution in [0.15, 0.2) is 71.6 Å². The van der Waals surface area contributed by atoms with Crippen molar-refractivity contribution in [2.75, 3.05) is 11.6 Å². The molecule has 8 heteroatoms. The molecule has 5 nitrogen and oxygen atoms in total. The first-order valence-corrected chi connectivity index (χ1v) is 11.7. The smallest absolute Gasteiger partial charge is 0.255 e. The molecule has 4 aromatic rings. The van der Waals surface area contributed by atoms with E-state index in [1.807, 2.05) is 36.4 Å². The van der Waals surface area contributed by atoms with E-state index in [1.54, 1.807) is 23.5 Å². The molecule has 3 aromatic carbocycles. The Bertz CT molecular complexity index is 1300. The number of fused-ring (bicyclic) bond motifs is 1. The lowest BCUT2D eigenvalue weighted by atomic mass is 10.2. The predicted molar refractivity (Wildman–Crippen MR) is 118 cm³/mol. The minimum absolute atomic E-state index is 0.0713. The number of para-hydroxylation sites is 1. The first-order chi connectivity index (χ1) is 13.8. The summed E-state index contributed by atoms with van der Waals surface area (Å²) in [5.74, 6) is -0.417. The number of nitrogens with one attached hydrogen (secondary N) is 1. The molecular formula is C21H15ClN2O3S2. The monoisotopic (exact) mass is 442 g/mol. The minimum Gasteiger partial charge on any atom is -0.322 e. The number of hydrogen-bond donors (Lipinski definition) is 1. The summed E-state index contributed by atoms with van der Waals surface area (Å²) in [6.45, 7) is 0. The number of benzene rings is 3. The first-order valence-electron chi connectivity index (χ1n) is 8.58. The third kappa shape index (κ3) is 4.17. The van der Waals surface area contributed by atoms with Gasteiger partial charge in [-0.25, -0.2) is 13.4 Å². The molecule has 146 valence electrons. The standard InChI is InChI=1S/C21H15ClN2O3S2/c1-29(26,27)19-12-14(8-11-16(19)22)20(25)23-15-9-6-13(7-10-15)21-24-17-4-2-3-5-18(17)28-21/h2-12H,1H3,(H,23,25). The molecule has 0 radical (unpaired) electrons. The topological polar surface area (TPSA) is 76.1 Å². The Morgan fingerprint density at radius 1 is 1.03 bits per heavy atom. The van der Waals surface area contributed by atoms with Gasteiger partial charge in [0.2, 0.25) is 0 Å². The van der Waals surface area contributed by atoms with Crippen LogP contribution in [0.25, 0.3) is 20.8 Å². The second kappa shape index (κ2) is 7.59. The maximum absolute atomic E-state index is 12.5. The van der Waals surface area contributed by atoms with Crippen molar-refractivity contribution in [2.45, 2.75) is 4.90 Å². The molecular weight excluding hydrogens is 428 g/mol. The van der Waals surface area contributed by atoms with E-state index in [2.05, 4.69) is 10.3 Å². The molecule has 1 N–H and O–H groups in total. The number of aromatic nitrogens is 1. The fourth-order valence-electron chi connectivity index (χ4n) is 2.82. The molecule has 0 bridgehead atoms. The van der Waals surface area contributed by atoms with E-state index in [0.717, 1.165) is 27.0 Å². The summed E-state index contributed by atoms with van der Waals surface area (Å²) in [4.78, 5) is 17.1. The van der Waals surface area contributed by atoms with Crippen LogP contribution in [0.1, 0.15) is 10.4 Å². The van der Waals surface area contributed by atoms with Crippen LogP contribution in [0.2, 0.25) is 5.02 Å². The molecule has 1 amide bonds. The largest absolute Gasteiger partial charge is 0.322 e. The molecule has 4 rings (SSSR count). The van der Waals surface area contributed by atoms with Crippen LogP contribution in [-0.2, 0) is 9.84 Å². The van der Waals surface area contributed by atoms with Crippen molar-refractivity contribution in [3.05, 3.63) is 77.3 Å². The second-order valence-electron chi connectivity index (χ2n) is 6.44. The Morgan fingerprint density at radius 3 is 2.45 bits per heavy atom. The maximum Gasteiger partial charge on any atom is 0.255 e. The van der Waals surface area contributed by atoms with Gasteiger partial charge in [0, 0.05) is 23.1 Å². The van der Waals surface area contributed by atoms with Crippen LogP contribution in [0.4, 0.5) is 5.69 Å². The summed E-state index contributed by atoms with van der Waals surface area (Å²) in [6, 6.07) is 19.5. The normalized spacial score (nSPS) is 11.5. The van der Waals surface area contributed by atoms with Crippen LogP contribution in [0, 0.1) is 0 Å². The van der Waals surface area contributed by atoms with Crippen LogP contribution in [0.5, 0.6) is 0 Å². The zero-order valence-electron chi connectivity index (χ0n) is 15.2. The highest BCUT2D eigenvalue weighted by Crippen LogP contribution is 2.30. The number of rotatable bonds is 4. The van der Waals surface area contributed by atoms with Crippen molar-refractivity contribution >= 4 is 54.6 Å². The predicted octanol–water partition coefficient (Wildman–Crippen LogP) is 5.27. The van der Waals surface area contributed by atoms with Crippen LogP contribution in [0.3, 0.4) is 0 Å². The molecule has 0 spiro atoms. The molecule has 0 fully saturated rings. The SMILES string of the molecule is CS(=O)(=O)c1cc(C(=O)Nc2ccc(-c3nc4ccccc4s3)cc2)ccc1Cl. The van der Waals surface area contributed by atoms with E-state index in [1.165, 1.54) is 18.2 Å². The summed E-state index contributed by atoms with van der Waals surface area (Å²) in [6.07, 6.45) is 1.05. The van der Waals surface area contributed by atoms with Gasteiger partial charge in [0.15, 0.2) is 9.84 Å². The minimum atomic E-state index is -3.53. The van der Waals surface area contributed by atoms with E-state index in [4.69, 9.17) is 11.6 Å². The van der Waals surface area contributed by atoms with Gasteiger partial charge in [0.05, 0.1) is 20.1 Å². The summed E-state index contributed by atoms with van der Waals surface area (Å²) in [7, 11) is -3.53. The molecule has 0 aliphatic heterocycles. The lowest BCUT2D eigenvalue weighted by molar-refractivity contribution is 0.102. The Labute approximate surface area is 176 Å². The number of hydrogen-bond acceptors (Lipinski definition) is 5. The highest BCUT2D eigenvalue weighted by atomic mass is 35.5. The third-order valence-electron chi connectivity index (χ3n) is 4.28. The zero-order chi connectivity index (χ0) is 20.6. The number of nitrogens with zero attached hydrogens (tertiary/aromatic N) is 1. The van der Waals surface area contributed by atoms with Crippen molar-refractivity contribution < 1.29 is 13.2 Å². The molecule has 1 heterocycles. The molecule has 1 aromatic heterocycles. The Kier molecular flexibility index (Phi) is 5.12. The maximum atomic E-state index is 12.5. The molecule has 0 saturated heterocycles. The number of halogens is 1. The van der Waals surface area contributed by atoms with Gasteiger partial charge in [0.1, 0.15) is 5.01 Å². The summed E-state index contributed by atoms with van der Waals surface area (Å²) < 4.78 is 24.7. The Morgan fingerprint density at radius 2 is 1.76 bits per heavy atom. The molecule has 29 heavy (non-hydrogen) atoms. The zero-order valence-corrected chi connectivity index (χ0v) is 17.6. The Hall–Kier alpha value is -2.74. The number of carbonyl (C=O) groups excluding carboxylic acids is 1. The summed E-state index contributed by atoms with van der Waals surface area (Å²) in [5.41, 5.74) is 2.71. The average molecular weight is 443 g/mol. The molecule has 0 aliphatic carbocycles. The quantitative estimate of drug-likeness (QED) is 0.467. The van der Waals surface area contributed by atoms with Gasteiger partial charge in [-0.1, -0.05) is 23.7 Å². The molecule has 0 unspecified atom stereocenters. The van der Waals surface area contributed by atoms with E-state index >= 15 is 0 Å². The van der Waals surface area contributed by atoms with Gasteiger partial charge >= 0.3 is 0 Å². The van der Waals surface area contributed by atoms with E-state index in [9.17, 15) is 13.2 Å². The van der Waals surface area contributed by atoms with Gasteiger partial charge < -0.3 is 5.32 Å². The lowest BCUT2D eigenvalue weighted by Gasteiger charge is -2.08. The van der Waals surface area contributed by atoms with Crippen LogP contribution < -0.4 is 5.32 Å². The van der Waals surface area contributed by atoms with Gasteiger partial charge in [-0.2, -0.15) is 0 Å². The Balaban J connectivity index is 1.55. The first kappa shape index (κ1) is 19.6. The fraction of sp³-hybridized carbons (Fsp3) is 0.0476. The average Bonchev–Trinajstić information content (AvgIpc) is 3.12. The van der Waals surface area contributed by atoms with Gasteiger partial charge in [-0.15, -0.1) is 11.3 Å². The van der Waals surface area contributed by atoms with Crippen molar-refractivity contribution in [1.82, 2.24) is 4.98 Å². The van der Waals surface area contributed by atoms with Crippen molar-refractivity contribution in [1.29, 1.82) is 0 Å². The number of thiazole rings is 1. The number of amides is 1. The van der Waals surface area contributed by atoms with Gasteiger partial charge in [-0.3, -0.25) is 4.79 Å². The highest BCUT2D eigenvalue weighted by molar-refractivity contribution is 7.90. The van der Waals surface area contributed by atoms with Crippen molar-refractivity contribution in [3.8, 4) is 10.6 Å². The van der Waals surface area contributed by atoms with Crippen molar-refractivity contribution in [3.63, 3.8) is 0 Å². The summed E-state index contributed by atoms with van der Waals surface area (Å²) in [5, 5.41) is 3.76. The fourth-order valence-corrected chi connectivity index (χ4v) is 5.10. The summed E-state index contributed by atoms with van der Waals surface area (Å²) >= 11 is 7.54.